The molecule has 0 spiro atoms. The number of aryl methyl sites for hydroxylation is 1. The molecule has 4 aromatic rings. The number of piperidine rings is 1. The summed E-state index contributed by atoms with van der Waals surface area (Å²) in [7, 11) is 0. The molecule has 0 aliphatic carbocycles. The average Bonchev–Trinajstić information content (AvgIpc) is 3.54. The van der Waals surface area contributed by atoms with E-state index in [-0.39, 0.29) is 11.9 Å². The fourth-order valence-electron chi connectivity index (χ4n) is 4.40. The van der Waals surface area contributed by atoms with Gasteiger partial charge in [-0.1, -0.05) is 23.8 Å². The molecular weight excluding hydrogens is 402 g/mol. The lowest BCUT2D eigenvalue weighted by Crippen LogP contribution is -2.45. The number of likely N-dealkylation sites (tertiary alicyclic amines) is 1. The Morgan fingerprint density at radius 3 is 2.47 bits per heavy atom. The van der Waals surface area contributed by atoms with Crippen molar-refractivity contribution in [1.29, 1.82) is 0 Å². The maximum atomic E-state index is 13.8. The highest BCUT2D eigenvalue weighted by atomic mass is 16.2. The Morgan fingerprint density at radius 1 is 0.938 bits per heavy atom. The molecule has 0 radical (unpaired) electrons. The molecule has 0 saturated carbocycles. The maximum absolute atomic E-state index is 13.8. The van der Waals surface area contributed by atoms with Gasteiger partial charge in [0.15, 0.2) is 0 Å². The Balaban J connectivity index is 1.43. The van der Waals surface area contributed by atoms with Crippen LogP contribution < -0.4 is 0 Å². The minimum Gasteiger partial charge on any atom is -0.335 e. The third-order valence-electron chi connectivity index (χ3n) is 5.94. The van der Waals surface area contributed by atoms with Gasteiger partial charge in [0.25, 0.3) is 5.91 Å². The molecule has 1 fully saturated rings. The minimum absolute atomic E-state index is 0.0376. The van der Waals surface area contributed by atoms with Crippen LogP contribution in [0.2, 0.25) is 0 Å². The van der Waals surface area contributed by atoms with Crippen LogP contribution in [-0.4, -0.2) is 53.4 Å². The van der Waals surface area contributed by atoms with E-state index in [2.05, 4.69) is 32.5 Å². The van der Waals surface area contributed by atoms with Crippen LogP contribution in [0.25, 0.3) is 11.4 Å². The lowest BCUT2D eigenvalue weighted by Gasteiger charge is -2.36. The topological polar surface area (TPSA) is 81.7 Å². The first-order chi connectivity index (χ1) is 15.7. The zero-order chi connectivity index (χ0) is 21.9. The molecule has 2 aromatic heterocycles. The number of carbonyl (C=O) groups is 1. The number of benzene rings is 2. The van der Waals surface area contributed by atoms with Gasteiger partial charge in [-0.3, -0.25) is 4.79 Å². The molecule has 1 atom stereocenters. The molecule has 2 aromatic carbocycles. The fraction of sp³-hybridized carbons (Fsp3) is 0.292. The summed E-state index contributed by atoms with van der Waals surface area (Å²) in [5.74, 6) is 0.0376. The van der Waals surface area contributed by atoms with Crippen molar-refractivity contribution in [3.05, 3.63) is 83.9 Å². The van der Waals surface area contributed by atoms with Gasteiger partial charge in [-0.05, 0) is 62.4 Å². The van der Waals surface area contributed by atoms with Crippen LogP contribution in [0.3, 0.4) is 0 Å². The van der Waals surface area contributed by atoms with Crippen molar-refractivity contribution in [3.63, 3.8) is 0 Å². The van der Waals surface area contributed by atoms with Gasteiger partial charge in [-0.15, -0.1) is 0 Å². The van der Waals surface area contributed by atoms with Crippen molar-refractivity contribution >= 4 is 5.91 Å². The predicted molar refractivity (Wildman–Crippen MR) is 120 cm³/mol. The second kappa shape index (κ2) is 8.74. The van der Waals surface area contributed by atoms with Crippen molar-refractivity contribution in [1.82, 2.24) is 34.9 Å². The van der Waals surface area contributed by atoms with Crippen LogP contribution in [-0.2, 0) is 6.42 Å². The van der Waals surface area contributed by atoms with E-state index in [0.29, 0.717) is 11.3 Å². The molecular formula is C24H25N7O. The van der Waals surface area contributed by atoms with E-state index in [1.54, 1.807) is 29.6 Å². The van der Waals surface area contributed by atoms with Crippen LogP contribution in [0.5, 0.6) is 0 Å². The summed E-state index contributed by atoms with van der Waals surface area (Å²) in [6.07, 6.45) is 10.5. The van der Waals surface area contributed by atoms with Gasteiger partial charge in [0.1, 0.15) is 0 Å². The van der Waals surface area contributed by atoms with E-state index in [9.17, 15) is 4.79 Å². The second-order valence-corrected chi connectivity index (χ2v) is 8.18. The Morgan fingerprint density at radius 2 is 1.69 bits per heavy atom. The third kappa shape index (κ3) is 4.03. The third-order valence-corrected chi connectivity index (χ3v) is 5.94. The van der Waals surface area contributed by atoms with Gasteiger partial charge in [-0.2, -0.15) is 30.0 Å². The summed E-state index contributed by atoms with van der Waals surface area (Å²) < 4.78 is 0. The Bertz CT molecular complexity index is 1200. The van der Waals surface area contributed by atoms with Crippen molar-refractivity contribution in [2.75, 3.05) is 6.54 Å². The zero-order valence-corrected chi connectivity index (χ0v) is 18.0. The predicted octanol–water partition coefficient (Wildman–Crippen LogP) is 3.39. The molecule has 32 heavy (non-hydrogen) atoms. The van der Waals surface area contributed by atoms with Gasteiger partial charge in [0.05, 0.1) is 41.7 Å². The number of nitrogens with zero attached hydrogens (tertiary/aromatic N) is 7. The highest BCUT2D eigenvalue weighted by Gasteiger charge is 2.29. The Labute approximate surface area is 186 Å². The van der Waals surface area contributed by atoms with Crippen LogP contribution >= 0.6 is 0 Å². The van der Waals surface area contributed by atoms with Crippen molar-refractivity contribution in [2.45, 2.75) is 38.6 Å². The lowest BCUT2D eigenvalue weighted by molar-refractivity contribution is 0.0613. The van der Waals surface area contributed by atoms with E-state index in [1.807, 2.05) is 42.2 Å². The molecule has 5 rings (SSSR count). The van der Waals surface area contributed by atoms with E-state index in [4.69, 9.17) is 0 Å². The second-order valence-electron chi connectivity index (χ2n) is 8.18. The van der Waals surface area contributed by atoms with E-state index >= 15 is 0 Å². The number of aromatic nitrogens is 6. The van der Waals surface area contributed by atoms with Crippen LogP contribution in [0.1, 0.15) is 40.7 Å². The van der Waals surface area contributed by atoms with Gasteiger partial charge in [0.2, 0.25) is 0 Å². The first kappa shape index (κ1) is 20.1. The molecule has 1 amide bonds. The maximum Gasteiger partial charge on any atom is 0.256 e. The summed E-state index contributed by atoms with van der Waals surface area (Å²) in [6.45, 7) is 2.75. The SMILES string of the molecule is Cc1ccc(-n2nccn2)c(C(=O)N2CCCCC2Cc2cccc(-n3nccn3)c2)c1. The zero-order valence-electron chi connectivity index (χ0n) is 18.0. The minimum atomic E-state index is 0.0376. The molecule has 1 aliphatic heterocycles. The smallest absolute Gasteiger partial charge is 0.256 e. The molecule has 0 N–H and O–H groups in total. The van der Waals surface area contributed by atoms with E-state index in [1.165, 1.54) is 10.4 Å². The summed E-state index contributed by atoms with van der Waals surface area (Å²) >= 11 is 0. The normalized spacial score (nSPS) is 16.3. The van der Waals surface area contributed by atoms with E-state index in [0.717, 1.165) is 43.5 Å². The lowest BCUT2D eigenvalue weighted by atomic mass is 9.94. The molecule has 162 valence electrons. The van der Waals surface area contributed by atoms with Gasteiger partial charge >= 0.3 is 0 Å². The van der Waals surface area contributed by atoms with Gasteiger partial charge in [0, 0.05) is 12.6 Å². The molecule has 8 nitrogen and oxygen atoms in total. The van der Waals surface area contributed by atoms with Gasteiger partial charge in [-0.25, -0.2) is 0 Å². The van der Waals surface area contributed by atoms with Crippen molar-refractivity contribution in [3.8, 4) is 11.4 Å². The fourth-order valence-corrected chi connectivity index (χ4v) is 4.40. The van der Waals surface area contributed by atoms with Crippen LogP contribution in [0, 0.1) is 6.92 Å². The summed E-state index contributed by atoms with van der Waals surface area (Å²) in [5.41, 5.74) is 4.48. The first-order valence-electron chi connectivity index (χ1n) is 10.9. The number of hydrogen-bond acceptors (Lipinski definition) is 5. The molecule has 8 heteroatoms. The number of hydrogen-bond donors (Lipinski definition) is 0. The number of carbonyl (C=O) groups excluding carboxylic acids is 1. The standard InChI is InChI=1S/C24H25N7O/c1-18-8-9-23(31-27-12-13-28-31)22(15-18)24(32)29-14-3-2-6-20(29)16-19-5-4-7-21(17-19)30-25-10-11-26-30/h4-5,7-13,15,17,20H,2-3,6,14,16H2,1H3. The molecule has 3 heterocycles. The van der Waals surface area contributed by atoms with Crippen LogP contribution in [0.4, 0.5) is 0 Å². The quantitative estimate of drug-likeness (QED) is 0.488. The van der Waals surface area contributed by atoms with Crippen LogP contribution in [0.15, 0.2) is 67.3 Å². The largest absolute Gasteiger partial charge is 0.335 e. The average molecular weight is 428 g/mol. The summed E-state index contributed by atoms with van der Waals surface area (Å²) in [6, 6.07) is 14.2. The summed E-state index contributed by atoms with van der Waals surface area (Å²) in [4.78, 5) is 18.9. The van der Waals surface area contributed by atoms with Crippen molar-refractivity contribution in [2.24, 2.45) is 0 Å². The van der Waals surface area contributed by atoms with Gasteiger partial charge < -0.3 is 4.90 Å². The summed E-state index contributed by atoms with van der Waals surface area (Å²) in [5, 5.41) is 16.9. The molecule has 1 unspecified atom stereocenters. The monoisotopic (exact) mass is 427 g/mol. The molecule has 1 aliphatic rings. The molecule has 0 bridgehead atoms. The number of rotatable bonds is 5. The highest BCUT2D eigenvalue weighted by molar-refractivity contribution is 5.98. The molecule has 1 saturated heterocycles. The Kier molecular flexibility index (Phi) is 5.49. The first-order valence-corrected chi connectivity index (χ1v) is 10.9. The van der Waals surface area contributed by atoms with E-state index < -0.39 is 0 Å². The number of amides is 1. The Hall–Kier alpha value is -3.81. The van der Waals surface area contributed by atoms with Crippen molar-refractivity contribution < 1.29 is 4.79 Å². The highest BCUT2D eigenvalue weighted by Crippen LogP contribution is 2.26.